The number of phenolic OH excluding ortho intramolecular Hbond substituents is 1. The van der Waals surface area contributed by atoms with Crippen LogP contribution in [-0.4, -0.2) is 34.6 Å². The molecule has 6 heteroatoms. The molecule has 0 aliphatic rings. The molecule has 144 valence electrons. The summed E-state index contributed by atoms with van der Waals surface area (Å²) in [7, 11) is 1.98. The van der Waals surface area contributed by atoms with Crippen LogP contribution in [-0.2, 0) is 24.2 Å². The minimum atomic E-state index is -0.146. The van der Waals surface area contributed by atoms with E-state index >= 15 is 0 Å². The highest BCUT2D eigenvalue weighted by Gasteiger charge is 2.11. The first-order valence-corrected chi connectivity index (χ1v) is 9.22. The molecule has 0 unspecified atom stereocenters. The normalized spacial score (nSPS) is 10.5. The Labute approximate surface area is 164 Å². The molecule has 28 heavy (non-hydrogen) atoms. The van der Waals surface area contributed by atoms with Crippen LogP contribution in [0, 0.1) is 0 Å². The number of hydrogen-bond acceptors (Lipinski definition) is 5. The fraction of sp³-hybridized carbons (Fsp3) is 0.227. The maximum absolute atomic E-state index is 12.3. The molecule has 0 radical (unpaired) electrons. The van der Waals surface area contributed by atoms with Crippen LogP contribution < -0.4 is 10.2 Å². The summed E-state index contributed by atoms with van der Waals surface area (Å²) < 4.78 is 0. The van der Waals surface area contributed by atoms with Gasteiger partial charge in [-0.05, 0) is 24.3 Å². The van der Waals surface area contributed by atoms with Crippen LogP contribution >= 0.6 is 0 Å². The number of nitrogens with zero attached hydrogens (tertiary/aromatic N) is 3. The second-order valence-corrected chi connectivity index (χ2v) is 6.56. The van der Waals surface area contributed by atoms with Gasteiger partial charge in [0.2, 0.25) is 5.91 Å². The number of para-hydroxylation sites is 1. The van der Waals surface area contributed by atoms with Gasteiger partial charge < -0.3 is 15.3 Å². The van der Waals surface area contributed by atoms with Crippen LogP contribution in [0.2, 0.25) is 0 Å². The topological polar surface area (TPSA) is 78.4 Å². The Balaban J connectivity index is 1.58. The van der Waals surface area contributed by atoms with Crippen molar-refractivity contribution >= 4 is 11.7 Å². The number of anilines is 1. The molecule has 3 aromatic rings. The third kappa shape index (κ3) is 5.30. The van der Waals surface area contributed by atoms with E-state index in [2.05, 4.69) is 20.2 Å². The summed E-state index contributed by atoms with van der Waals surface area (Å²) in [4.78, 5) is 23.2. The maximum atomic E-state index is 12.3. The molecule has 2 N–H and O–H groups in total. The molecule has 0 spiro atoms. The van der Waals surface area contributed by atoms with Gasteiger partial charge in [-0.3, -0.25) is 9.78 Å². The fourth-order valence-electron chi connectivity index (χ4n) is 2.94. The SMILES string of the molecule is CN(CCc1ccccn1)c1ncccc1CNC(=O)Cc1ccccc1O. The molecular formula is C22H24N4O2. The van der Waals surface area contributed by atoms with Crippen LogP contribution in [0.1, 0.15) is 16.8 Å². The van der Waals surface area contributed by atoms with Crippen molar-refractivity contribution in [1.82, 2.24) is 15.3 Å². The van der Waals surface area contributed by atoms with E-state index in [-0.39, 0.29) is 18.1 Å². The summed E-state index contributed by atoms with van der Waals surface area (Å²) in [6.45, 7) is 1.15. The van der Waals surface area contributed by atoms with Crippen LogP contribution in [0.3, 0.4) is 0 Å². The molecule has 0 saturated carbocycles. The fourth-order valence-corrected chi connectivity index (χ4v) is 2.94. The second-order valence-electron chi connectivity index (χ2n) is 6.56. The zero-order valence-electron chi connectivity index (χ0n) is 15.9. The van der Waals surface area contributed by atoms with Crippen molar-refractivity contribution in [3.05, 3.63) is 83.8 Å². The third-order valence-corrected chi connectivity index (χ3v) is 4.48. The number of carbonyl (C=O) groups excluding carboxylic acids is 1. The van der Waals surface area contributed by atoms with E-state index in [1.807, 2.05) is 37.4 Å². The molecular weight excluding hydrogens is 352 g/mol. The van der Waals surface area contributed by atoms with Gasteiger partial charge in [0.25, 0.3) is 0 Å². The average molecular weight is 376 g/mol. The smallest absolute Gasteiger partial charge is 0.224 e. The predicted molar refractivity (Wildman–Crippen MR) is 109 cm³/mol. The Hall–Kier alpha value is -3.41. The Morgan fingerprint density at radius 3 is 2.54 bits per heavy atom. The van der Waals surface area contributed by atoms with Crippen molar-refractivity contribution in [2.75, 3.05) is 18.5 Å². The highest BCUT2D eigenvalue weighted by atomic mass is 16.3. The molecule has 0 atom stereocenters. The molecule has 0 aliphatic heterocycles. The number of hydrogen-bond donors (Lipinski definition) is 2. The lowest BCUT2D eigenvalue weighted by Gasteiger charge is -2.21. The van der Waals surface area contributed by atoms with E-state index in [0.717, 1.165) is 30.0 Å². The minimum absolute atomic E-state index is 0.133. The molecule has 1 amide bonds. The minimum Gasteiger partial charge on any atom is -0.508 e. The van der Waals surface area contributed by atoms with Gasteiger partial charge in [0.1, 0.15) is 11.6 Å². The monoisotopic (exact) mass is 376 g/mol. The van der Waals surface area contributed by atoms with Crippen molar-refractivity contribution in [3.63, 3.8) is 0 Å². The van der Waals surface area contributed by atoms with E-state index in [9.17, 15) is 9.90 Å². The van der Waals surface area contributed by atoms with Gasteiger partial charge in [-0.15, -0.1) is 0 Å². The van der Waals surface area contributed by atoms with Crippen LogP contribution in [0.15, 0.2) is 67.0 Å². The Bertz CT molecular complexity index is 915. The van der Waals surface area contributed by atoms with Crippen LogP contribution in [0.5, 0.6) is 5.75 Å². The van der Waals surface area contributed by atoms with Crippen molar-refractivity contribution in [3.8, 4) is 5.75 Å². The van der Waals surface area contributed by atoms with Gasteiger partial charge >= 0.3 is 0 Å². The number of pyridine rings is 2. The maximum Gasteiger partial charge on any atom is 0.224 e. The molecule has 3 rings (SSSR count). The van der Waals surface area contributed by atoms with Gasteiger partial charge in [-0.25, -0.2) is 4.98 Å². The highest BCUT2D eigenvalue weighted by Crippen LogP contribution is 2.18. The number of phenols is 1. The molecule has 0 fully saturated rings. The van der Waals surface area contributed by atoms with Gasteiger partial charge in [0.05, 0.1) is 6.42 Å². The van der Waals surface area contributed by atoms with Gasteiger partial charge in [0.15, 0.2) is 0 Å². The third-order valence-electron chi connectivity index (χ3n) is 4.48. The number of aromatic hydroxyl groups is 1. The molecule has 0 aliphatic carbocycles. The molecule has 0 bridgehead atoms. The number of amides is 1. The summed E-state index contributed by atoms with van der Waals surface area (Å²) in [6.07, 6.45) is 4.49. The first kappa shape index (κ1) is 19.4. The lowest BCUT2D eigenvalue weighted by atomic mass is 10.1. The van der Waals surface area contributed by atoms with Crippen LogP contribution in [0.4, 0.5) is 5.82 Å². The highest BCUT2D eigenvalue weighted by molar-refractivity contribution is 5.79. The predicted octanol–water partition coefficient (Wildman–Crippen LogP) is 2.72. The van der Waals surface area contributed by atoms with Crippen molar-refractivity contribution < 1.29 is 9.90 Å². The van der Waals surface area contributed by atoms with Crippen molar-refractivity contribution in [2.24, 2.45) is 0 Å². The van der Waals surface area contributed by atoms with E-state index < -0.39 is 0 Å². The van der Waals surface area contributed by atoms with E-state index in [1.54, 1.807) is 36.7 Å². The summed E-state index contributed by atoms with van der Waals surface area (Å²) >= 11 is 0. The number of likely N-dealkylation sites (N-methyl/N-ethyl adjacent to an activating group) is 1. The molecule has 0 saturated heterocycles. The number of benzene rings is 1. The quantitative estimate of drug-likeness (QED) is 0.632. The first-order chi connectivity index (χ1) is 13.6. The van der Waals surface area contributed by atoms with E-state index in [1.165, 1.54) is 0 Å². The van der Waals surface area contributed by atoms with E-state index in [4.69, 9.17) is 0 Å². The summed E-state index contributed by atoms with van der Waals surface area (Å²) in [5.41, 5.74) is 2.58. The second kappa shape index (κ2) is 9.50. The number of nitrogens with one attached hydrogen (secondary N) is 1. The standard InChI is InChI=1S/C22H24N4O2/c1-26(14-11-19-9-4-5-12-23-19)22-18(8-6-13-24-22)16-25-21(28)15-17-7-2-3-10-20(17)27/h2-10,12-13,27H,11,14-16H2,1H3,(H,25,28). The molecule has 2 aromatic heterocycles. The largest absolute Gasteiger partial charge is 0.508 e. The number of aromatic nitrogens is 2. The van der Waals surface area contributed by atoms with Crippen molar-refractivity contribution in [1.29, 1.82) is 0 Å². The lowest BCUT2D eigenvalue weighted by Crippen LogP contribution is -2.28. The zero-order chi connectivity index (χ0) is 19.8. The molecule has 6 nitrogen and oxygen atoms in total. The van der Waals surface area contributed by atoms with Crippen molar-refractivity contribution in [2.45, 2.75) is 19.4 Å². The lowest BCUT2D eigenvalue weighted by molar-refractivity contribution is -0.120. The Kier molecular flexibility index (Phi) is 6.57. The Morgan fingerprint density at radius 1 is 1.00 bits per heavy atom. The Morgan fingerprint density at radius 2 is 1.75 bits per heavy atom. The number of rotatable bonds is 8. The zero-order valence-corrected chi connectivity index (χ0v) is 15.9. The summed E-state index contributed by atoms with van der Waals surface area (Å²) in [6, 6.07) is 16.6. The van der Waals surface area contributed by atoms with Gasteiger partial charge in [-0.2, -0.15) is 0 Å². The average Bonchev–Trinajstić information content (AvgIpc) is 2.73. The van der Waals surface area contributed by atoms with Crippen LogP contribution in [0.25, 0.3) is 0 Å². The van der Waals surface area contributed by atoms with Gasteiger partial charge in [-0.1, -0.05) is 30.3 Å². The summed E-state index contributed by atoms with van der Waals surface area (Å²) in [5, 5.41) is 12.7. The van der Waals surface area contributed by atoms with E-state index in [0.29, 0.717) is 12.1 Å². The number of carbonyl (C=O) groups is 1. The summed E-state index contributed by atoms with van der Waals surface area (Å²) in [5.74, 6) is 0.822. The molecule has 2 heterocycles. The first-order valence-electron chi connectivity index (χ1n) is 9.22. The molecule has 1 aromatic carbocycles. The van der Waals surface area contributed by atoms with Gasteiger partial charge in [0, 0.05) is 55.8 Å².